The zero-order chi connectivity index (χ0) is 7.56. The molecule has 0 aromatic carbocycles. The minimum Gasteiger partial charge on any atom is -0.481 e. The van der Waals surface area contributed by atoms with Crippen molar-refractivity contribution in [3.8, 4) is 0 Å². The molecule has 0 aromatic heterocycles. The van der Waals surface area contributed by atoms with Crippen LogP contribution in [-0.2, 0) is 4.79 Å². The van der Waals surface area contributed by atoms with Gasteiger partial charge in [0.05, 0.1) is 5.92 Å². The van der Waals surface area contributed by atoms with Crippen LogP contribution in [0.25, 0.3) is 0 Å². The molecule has 0 aliphatic heterocycles. The molecule has 10 heavy (non-hydrogen) atoms. The highest BCUT2D eigenvalue weighted by Gasteiger charge is 2.27. The minimum atomic E-state index is -0.681. The summed E-state index contributed by atoms with van der Waals surface area (Å²) in [6, 6.07) is 0. The fraction of sp³-hybridized carbons (Fsp3) is 0.857. The fourth-order valence-electron chi connectivity index (χ4n) is 1.40. The zero-order valence-corrected chi connectivity index (χ0v) is 6.68. The molecule has 2 nitrogen and oxygen atoms in total. The third-order valence-electron chi connectivity index (χ3n) is 2.05. The summed E-state index contributed by atoms with van der Waals surface area (Å²) in [7, 11) is 0. The Bertz CT molecular complexity index is 136. The van der Waals surface area contributed by atoms with Gasteiger partial charge in [0.25, 0.3) is 0 Å². The topological polar surface area (TPSA) is 37.3 Å². The Morgan fingerprint density at radius 3 is 2.40 bits per heavy atom. The summed E-state index contributed by atoms with van der Waals surface area (Å²) in [5.74, 6) is -0.878. The lowest BCUT2D eigenvalue weighted by Gasteiger charge is -2.23. The average molecular weight is 160 g/mol. The summed E-state index contributed by atoms with van der Waals surface area (Å²) in [6.07, 6.45) is 3.95. The molecule has 1 aliphatic carbocycles. The lowest BCUT2D eigenvalue weighted by molar-refractivity contribution is -0.142. The van der Waals surface area contributed by atoms with E-state index in [4.69, 9.17) is 5.11 Å². The van der Waals surface area contributed by atoms with Crippen LogP contribution in [0.4, 0.5) is 0 Å². The van der Waals surface area contributed by atoms with E-state index < -0.39 is 5.97 Å². The van der Waals surface area contributed by atoms with Crippen LogP contribution in [0.2, 0.25) is 0 Å². The summed E-state index contributed by atoms with van der Waals surface area (Å²) in [6.45, 7) is 0. The smallest absolute Gasteiger partial charge is 0.307 e. The standard InChI is InChI=1S/C7H12O2S/c8-7(9)5-3-1-2-4-6(5)10/h5-6,10H,1-4H2,(H,8,9)/t5-,6+/m1/s1. The number of carboxylic acids is 1. The van der Waals surface area contributed by atoms with E-state index in [-0.39, 0.29) is 11.2 Å². The van der Waals surface area contributed by atoms with Gasteiger partial charge in [0, 0.05) is 5.25 Å². The zero-order valence-electron chi connectivity index (χ0n) is 5.79. The minimum absolute atomic E-state index is 0.0891. The average Bonchev–Trinajstić information content (AvgIpc) is 1.88. The fourth-order valence-corrected chi connectivity index (χ4v) is 1.86. The number of carboxylic acid groups (broad SMARTS) is 1. The highest BCUT2D eigenvalue weighted by atomic mass is 32.1. The Balaban J connectivity index is 2.47. The van der Waals surface area contributed by atoms with Crippen LogP contribution in [0, 0.1) is 5.92 Å². The Morgan fingerprint density at radius 2 is 2.00 bits per heavy atom. The highest BCUT2D eigenvalue weighted by Crippen LogP contribution is 2.28. The molecule has 1 fully saturated rings. The Morgan fingerprint density at radius 1 is 1.40 bits per heavy atom. The molecule has 1 saturated carbocycles. The molecular formula is C7H12O2S. The van der Waals surface area contributed by atoms with Gasteiger partial charge < -0.3 is 5.11 Å². The molecule has 0 radical (unpaired) electrons. The molecule has 3 heteroatoms. The largest absolute Gasteiger partial charge is 0.481 e. The van der Waals surface area contributed by atoms with Crippen LogP contribution < -0.4 is 0 Å². The summed E-state index contributed by atoms with van der Waals surface area (Å²) >= 11 is 4.21. The lowest BCUT2D eigenvalue weighted by atomic mass is 9.89. The van der Waals surface area contributed by atoms with E-state index in [0.717, 1.165) is 25.7 Å². The number of aliphatic carboxylic acids is 1. The van der Waals surface area contributed by atoms with Crippen molar-refractivity contribution in [2.45, 2.75) is 30.9 Å². The molecule has 0 heterocycles. The van der Waals surface area contributed by atoms with Gasteiger partial charge in [0.15, 0.2) is 0 Å². The SMILES string of the molecule is O=C(O)[C@@H]1CCCC[C@@H]1S. The number of rotatable bonds is 1. The van der Waals surface area contributed by atoms with Crippen molar-refractivity contribution >= 4 is 18.6 Å². The summed E-state index contributed by atoms with van der Waals surface area (Å²) < 4.78 is 0. The third kappa shape index (κ3) is 1.66. The molecule has 0 aromatic rings. The molecule has 0 saturated heterocycles. The van der Waals surface area contributed by atoms with Crippen molar-refractivity contribution < 1.29 is 9.90 Å². The maximum atomic E-state index is 10.5. The van der Waals surface area contributed by atoms with Crippen molar-refractivity contribution in [2.75, 3.05) is 0 Å². The second kappa shape index (κ2) is 3.28. The van der Waals surface area contributed by atoms with E-state index in [1.54, 1.807) is 0 Å². The van der Waals surface area contributed by atoms with E-state index >= 15 is 0 Å². The van der Waals surface area contributed by atoms with Crippen molar-refractivity contribution in [3.05, 3.63) is 0 Å². The van der Waals surface area contributed by atoms with Gasteiger partial charge in [0.2, 0.25) is 0 Å². The van der Waals surface area contributed by atoms with Crippen LogP contribution >= 0.6 is 12.6 Å². The van der Waals surface area contributed by atoms with Crippen LogP contribution in [0.1, 0.15) is 25.7 Å². The molecule has 2 atom stereocenters. The van der Waals surface area contributed by atoms with Gasteiger partial charge in [-0.2, -0.15) is 12.6 Å². The molecule has 0 spiro atoms. The summed E-state index contributed by atoms with van der Waals surface area (Å²) in [5.41, 5.74) is 0. The van der Waals surface area contributed by atoms with Gasteiger partial charge in [-0.25, -0.2) is 0 Å². The van der Waals surface area contributed by atoms with Gasteiger partial charge in [-0.05, 0) is 12.8 Å². The van der Waals surface area contributed by atoms with Crippen LogP contribution in [0.5, 0.6) is 0 Å². The van der Waals surface area contributed by atoms with Crippen molar-refractivity contribution in [1.29, 1.82) is 0 Å². The monoisotopic (exact) mass is 160 g/mol. The highest BCUT2D eigenvalue weighted by molar-refractivity contribution is 7.81. The van der Waals surface area contributed by atoms with E-state index in [1.807, 2.05) is 0 Å². The van der Waals surface area contributed by atoms with E-state index in [1.165, 1.54) is 0 Å². The second-order valence-electron chi connectivity index (χ2n) is 2.80. The predicted molar refractivity (Wildman–Crippen MR) is 42.4 cm³/mol. The number of thiol groups is 1. The summed E-state index contributed by atoms with van der Waals surface area (Å²) in [4.78, 5) is 10.5. The molecule has 1 N–H and O–H groups in total. The third-order valence-corrected chi connectivity index (χ3v) is 2.66. The van der Waals surface area contributed by atoms with Crippen LogP contribution in [-0.4, -0.2) is 16.3 Å². The predicted octanol–water partition coefficient (Wildman–Crippen LogP) is 1.56. The van der Waals surface area contributed by atoms with Crippen molar-refractivity contribution in [3.63, 3.8) is 0 Å². The van der Waals surface area contributed by atoms with Crippen LogP contribution in [0.15, 0.2) is 0 Å². The second-order valence-corrected chi connectivity index (χ2v) is 3.46. The number of hydrogen-bond acceptors (Lipinski definition) is 2. The Kier molecular flexibility index (Phi) is 2.60. The first-order chi connectivity index (χ1) is 4.72. The first kappa shape index (κ1) is 7.92. The Labute approximate surface area is 66.0 Å². The van der Waals surface area contributed by atoms with E-state index in [0.29, 0.717) is 0 Å². The first-order valence-corrected chi connectivity index (χ1v) is 4.14. The van der Waals surface area contributed by atoms with Crippen molar-refractivity contribution in [2.24, 2.45) is 5.92 Å². The van der Waals surface area contributed by atoms with Crippen LogP contribution in [0.3, 0.4) is 0 Å². The van der Waals surface area contributed by atoms with Gasteiger partial charge in [-0.1, -0.05) is 12.8 Å². The first-order valence-electron chi connectivity index (χ1n) is 3.62. The van der Waals surface area contributed by atoms with E-state index in [2.05, 4.69) is 12.6 Å². The summed E-state index contributed by atoms with van der Waals surface area (Å²) in [5, 5.41) is 8.75. The molecule has 0 amide bonds. The van der Waals surface area contributed by atoms with Gasteiger partial charge in [0.1, 0.15) is 0 Å². The molecule has 0 unspecified atom stereocenters. The number of carbonyl (C=O) groups is 1. The molecule has 1 aliphatic rings. The normalized spacial score (nSPS) is 33.7. The number of hydrogen-bond donors (Lipinski definition) is 2. The maximum absolute atomic E-state index is 10.5. The molecule has 58 valence electrons. The van der Waals surface area contributed by atoms with Gasteiger partial charge in [-0.15, -0.1) is 0 Å². The quantitative estimate of drug-likeness (QED) is 0.571. The maximum Gasteiger partial charge on any atom is 0.307 e. The molecular weight excluding hydrogens is 148 g/mol. The molecule has 0 bridgehead atoms. The van der Waals surface area contributed by atoms with E-state index in [9.17, 15) is 4.79 Å². The lowest BCUT2D eigenvalue weighted by Crippen LogP contribution is -2.27. The van der Waals surface area contributed by atoms with Gasteiger partial charge in [-0.3, -0.25) is 4.79 Å². The Hall–Kier alpha value is -0.180. The molecule has 1 rings (SSSR count). The van der Waals surface area contributed by atoms with Crippen molar-refractivity contribution in [1.82, 2.24) is 0 Å². The van der Waals surface area contributed by atoms with Gasteiger partial charge >= 0.3 is 5.97 Å².